The molecule has 0 saturated heterocycles. The first-order valence-electron chi connectivity index (χ1n) is 12.1. The van der Waals surface area contributed by atoms with E-state index in [1.165, 1.54) is 42.9 Å². The summed E-state index contributed by atoms with van der Waals surface area (Å²) in [4.78, 5) is 0. The summed E-state index contributed by atoms with van der Waals surface area (Å²) in [6.45, 7) is 4.68. The summed E-state index contributed by atoms with van der Waals surface area (Å²) in [7, 11) is 0. The Hall–Kier alpha value is -2.79. The van der Waals surface area contributed by atoms with Gasteiger partial charge in [-0.15, -0.1) is 4.43 Å². The van der Waals surface area contributed by atoms with Crippen LogP contribution in [0.15, 0.2) is 97.1 Å². The molecule has 0 fully saturated rings. The van der Waals surface area contributed by atoms with Crippen LogP contribution in [0.25, 0.3) is 32.9 Å². The van der Waals surface area contributed by atoms with Gasteiger partial charge in [-0.25, -0.2) is 0 Å². The molecule has 5 rings (SSSR count). The summed E-state index contributed by atoms with van der Waals surface area (Å²) < 4.78 is 3.93. The third-order valence-electron chi connectivity index (χ3n) is 7.11. The Balaban J connectivity index is 1.76. The van der Waals surface area contributed by atoms with E-state index in [4.69, 9.17) is 0 Å². The van der Waals surface area contributed by atoms with Gasteiger partial charge >= 0.3 is 0 Å². The minimum absolute atomic E-state index is 0.0306. The van der Waals surface area contributed by atoms with Gasteiger partial charge in [0.2, 0.25) is 0 Å². The van der Waals surface area contributed by atoms with Crippen LogP contribution in [0, 0.1) is 0 Å². The molecule has 33 heavy (non-hydrogen) atoms. The van der Waals surface area contributed by atoms with Gasteiger partial charge in [0.25, 0.3) is 0 Å². The quantitative estimate of drug-likeness (QED) is 0.231. The molecule has 0 aliphatic rings. The van der Waals surface area contributed by atoms with E-state index in [-0.39, 0.29) is 5.54 Å². The second kappa shape index (κ2) is 9.22. The fourth-order valence-electron chi connectivity index (χ4n) is 5.58. The lowest BCUT2D eigenvalue weighted by Crippen LogP contribution is -2.35. The van der Waals surface area contributed by atoms with Crippen LogP contribution in [-0.2, 0) is 12.0 Å². The standard InChI is InChI=1S/C31H30N.Al/c1-3-21-31(4-2,23-24-13-7-5-8-14-24)32-29-18-12-11-17-27(29)28-22-26(19-20-30(28)32)25-15-9-6-10-16-25;/h5-7,9-20,22H,3-4,21,23H2,1-2H3;. The van der Waals surface area contributed by atoms with Gasteiger partial charge in [-0.3, -0.25) is 0 Å². The maximum absolute atomic E-state index is 2.86. The Kier molecular flexibility index (Phi) is 6.16. The molecule has 0 aliphatic carbocycles. The molecular formula is C31H30AlN. The van der Waals surface area contributed by atoms with Crippen molar-refractivity contribution < 1.29 is 0 Å². The van der Waals surface area contributed by atoms with E-state index in [1.54, 1.807) is 0 Å². The second-order valence-electron chi connectivity index (χ2n) is 9.20. The first-order chi connectivity index (χ1) is 16.1. The second-order valence-corrected chi connectivity index (χ2v) is 9.87. The number of rotatable bonds is 7. The first-order valence-corrected chi connectivity index (χ1v) is 12.7. The number of nitrogens with zero attached hydrogens (tertiary/aromatic N) is 1. The van der Waals surface area contributed by atoms with E-state index in [1.807, 2.05) is 0 Å². The topological polar surface area (TPSA) is 4.93 Å². The van der Waals surface area contributed by atoms with Crippen molar-refractivity contribution in [3.8, 4) is 11.1 Å². The molecule has 0 saturated carbocycles. The van der Waals surface area contributed by atoms with Gasteiger partial charge in [0, 0.05) is 27.3 Å². The summed E-state index contributed by atoms with van der Waals surface area (Å²) >= 11 is 2.86. The molecule has 1 nitrogen and oxygen atoms in total. The Labute approximate surface area is 205 Å². The van der Waals surface area contributed by atoms with Crippen molar-refractivity contribution in [3.05, 3.63) is 103 Å². The third-order valence-corrected chi connectivity index (χ3v) is 7.47. The fourth-order valence-corrected chi connectivity index (χ4v) is 5.91. The molecule has 2 heteroatoms. The summed E-state index contributed by atoms with van der Waals surface area (Å²) in [5.74, 6) is 0. The van der Waals surface area contributed by atoms with Crippen LogP contribution in [0.3, 0.4) is 0 Å². The first kappa shape index (κ1) is 22.0. The molecule has 0 N–H and O–H groups in total. The Morgan fingerprint density at radius 1 is 0.697 bits per heavy atom. The van der Waals surface area contributed by atoms with Crippen molar-refractivity contribution >= 4 is 42.5 Å². The smallest absolute Gasteiger partial charge is 0.175 e. The van der Waals surface area contributed by atoms with Crippen molar-refractivity contribution in [3.63, 3.8) is 0 Å². The Bertz CT molecular complexity index is 1400. The molecule has 2 radical (unpaired) electrons. The van der Waals surface area contributed by atoms with E-state index in [0.717, 1.165) is 25.7 Å². The van der Waals surface area contributed by atoms with Gasteiger partial charge < -0.3 is 4.57 Å². The molecule has 0 bridgehead atoms. The van der Waals surface area contributed by atoms with E-state index in [2.05, 4.69) is 132 Å². The molecule has 0 aliphatic heterocycles. The average Bonchev–Trinajstić information content (AvgIpc) is 3.18. The number of para-hydroxylation sites is 1. The monoisotopic (exact) mass is 443 g/mol. The maximum Gasteiger partial charge on any atom is 0.175 e. The van der Waals surface area contributed by atoms with Gasteiger partial charge in [-0.05, 0) is 54.2 Å². The zero-order valence-corrected chi connectivity index (χ0v) is 20.7. The van der Waals surface area contributed by atoms with Crippen LogP contribution in [-0.4, -0.2) is 20.9 Å². The lowest BCUT2D eigenvalue weighted by molar-refractivity contribution is 0.261. The van der Waals surface area contributed by atoms with Crippen LogP contribution in [0.1, 0.15) is 38.7 Å². The fraction of sp³-hybridized carbons (Fsp3) is 0.226. The molecule has 0 amide bonds. The summed E-state index contributed by atoms with van der Waals surface area (Å²) in [5, 5.41) is 2.69. The minimum atomic E-state index is 0.0306. The molecule has 1 aromatic heterocycles. The van der Waals surface area contributed by atoms with E-state index in [0.29, 0.717) is 0 Å². The van der Waals surface area contributed by atoms with Crippen molar-refractivity contribution in [2.24, 2.45) is 0 Å². The van der Waals surface area contributed by atoms with Crippen molar-refractivity contribution in [1.82, 2.24) is 4.57 Å². The lowest BCUT2D eigenvalue weighted by atomic mass is 9.83. The minimum Gasteiger partial charge on any atom is -0.334 e. The van der Waals surface area contributed by atoms with E-state index < -0.39 is 0 Å². The Morgan fingerprint density at radius 3 is 2.21 bits per heavy atom. The zero-order valence-electron chi connectivity index (χ0n) is 19.6. The number of hydrogen-bond acceptors (Lipinski definition) is 0. The predicted molar refractivity (Wildman–Crippen MR) is 144 cm³/mol. The molecule has 1 atom stereocenters. The molecule has 1 unspecified atom stereocenters. The molecular weight excluding hydrogens is 413 g/mol. The lowest BCUT2D eigenvalue weighted by Gasteiger charge is -2.37. The van der Waals surface area contributed by atoms with E-state index in [9.17, 15) is 0 Å². The highest BCUT2D eigenvalue weighted by Gasteiger charge is 2.32. The van der Waals surface area contributed by atoms with Gasteiger partial charge in [0.1, 0.15) is 0 Å². The van der Waals surface area contributed by atoms with Crippen molar-refractivity contribution in [1.29, 1.82) is 0 Å². The van der Waals surface area contributed by atoms with Gasteiger partial charge in [-0.1, -0.05) is 99.1 Å². The number of fused-ring (bicyclic) bond motifs is 3. The zero-order chi connectivity index (χ0) is 22.8. The molecule has 162 valence electrons. The Morgan fingerprint density at radius 2 is 1.45 bits per heavy atom. The molecule has 4 aromatic carbocycles. The SMILES string of the molecule is CCCC(CC)(Cc1ccc[c]([Al])c1)n1c2ccccc2c2cc(-c3ccccc3)ccc21. The van der Waals surface area contributed by atoms with Crippen LogP contribution < -0.4 is 4.43 Å². The highest BCUT2D eigenvalue weighted by Crippen LogP contribution is 2.41. The van der Waals surface area contributed by atoms with E-state index >= 15 is 0 Å². The van der Waals surface area contributed by atoms with Crippen molar-refractivity contribution in [2.45, 2.75) is 45.1 Å². The van der Waals surface area contributed by atoms with Crippen LogP contribution in [0.5, 0.6) is 0 Å². The van der Waals surface area contributed by atoms with Crippen LogP contribution in [0.4, 0.5) is 0 Å². The maximum atomic E-state index is 2.86. The predicted octanol–water partition coefficient (Wildman–Crippen LogP) is 7.40. The highest BCUT2D eigenvalue weighted by atomic mass is 27.0. The van der Waals surface area contributed by atoms with Gasteiger partial charge in [0.05, 0.1) is 0 Å². The number of aromatic nitrogens is 1. The van der Waals surface area contributed by atoms with Gasteiger partial charge in [-0.2, -0.15) is 0 Å². The van der Waals surface area contributed by atoms with Gasteiger partial charge in [0.15, 0.2) is 16.3 Å². The largest absolute Gasteiger partial charge is 0.334 e. The number of benzene rings is 4. The normalized spacial score (nSPS) is 13.4. The third kappa shape index (κ3) is 4.04. The summed E-state index contributed by atoms with van der Waals surface area (Å²) in [6.07, 6.45) is 4.44. The van der Waals surface area contributed by atoms with Crippen LogP contribution in [0.2, 0.25) is 0 Å². The highest BCUT2D eigenvalue weighted by molar-refractivity contribution is 6.32. The van der Waals surface area contributed by atoms with Crippen molar-refractivity contribution in [2.75, 3.05) is 0 Å². The summed E-state index contributed by atoms with van der Waals surface area (Å²) in [6, 6.07) is 35.7. The average molecular weight is 444 g/mol. The number of hydrogen-bond donors (Lipinski definition) is 0. The molecule has 0 spiro atoms. The summed E-state index contributed by atoms with van der Waals surface area (Å²) in [5.41, 5.74) is 6.67. The molecule has 1 heterocycles. The van der Waals surface area contributed by atoms with Crippen LogP contribution >= 0.6 is 0 Å². The molecule has 5 aromatic rings.